The van der Waals surface area contributed by atoms with Crippen molar-refractivity contribution in [1.29, 1.82) is 0 Å². The zero-order chi connectivity index (χ0) is 13.9. The summed E-state index contributed by atoms with van der Waals surface area (Å²) >= 11 is 0. The summed E-state index contributed by atoms with van der Waals surface area (Å²) in [7, 11) is 0. The van der Waals surface area contributed by atoms with Gasteiger partial charge in [0.2, 0.25) is 0 Å². The highest BCUT2D eigenvalue weighted by Gasteiger charge is 2.08. The Morgan fingerprint density at radius 2 is 2.10 bits per heavy atom. The minimum atomic E-state index is 0.784. The molecule has 0 aliphatic heterocycles. The van der Waals surface area contributed by atoms with E-state index in [0.717, 1.165) is 30.2 Å². The van der Waals surface area contributed by atoms with Crippen molar-refractivity contribution in [2.75, 3.05) is 11.9 Å². The molecule has 102 valence electrons. The van der Waals surface area contributed by atoms with Crippen LogP contribution in [0.5, 0.6) is 0 Å². The Kier molecular flexibility index (Phi) is 3.37. The molecular formula is C16H18N4. The minimum absolute atomic E-state index is 0.784. The van der Waals surface area contributed by atoms with Crippen molar-refractivity contribution >= 4 is 16.7 Å². The molecule has 1 N–H and O–H groups in total. The molecule has 1 aromatic carbocycles. The fourth-order valence-electron chi connectivity index (χ4n) is 2.36. The average Bonchev–Trinajstić information content (AvgIpc) is 2.85. The van der Waals surface area contributed by atoms with E-state index in [9.17, 15) is 0 Å². The largest absolute Gasteiger partial charge is 0.370 e. The van der Waals surface area contributed by atoms with Gasteiger partial charge in [-0.3, -0.25) is 0 Å². The first-order valence-electron chi connectivity index (χ1n) is 6.88. The second-order valence-electron chi connectivity index (χ2n) is 4.82. The van der Waals surface area contributed by atoms with Gasteiger partial charge in [0.05, 0.1) is 12.1 Å². The third-order valence-electron chi connectivity index (χ3n) is 3.41. The summed E-state index contributed by atoms with van der Waals surface area (Å²) in [6.07, 6.45) is 3.83. The molecule has 0 atom stereocenters. The lowest BCUT2D eigenvalue weighted by Gasteiger charge is -2.13. The van der Waals surface area contributed by atoms with Crippen molar-refractivity contribution in [3.05, 3.63) is 54.1 Å². The van der Waals surface area contributed by atoms with Crippen LogP contribution in [0.4, 0.5) is 5.82 Å². The van der Waals surface area contributed by atoms with Crippen LogP contribution in [0.1, 0.15) is 18.3 Å². The Balaban J connectivity index is 2.07. The number of para-hydroxylation sites is 1. The van der Waals surface area contributed by atoms with E-state index in [1.807, 2.05) is 37.5 Å². The van der Waals surface area contributed by atoms with E-state index in [-0.39, 0.29) is 0 Å². The second kappa shape index (κ2) is 5.33. The number of fused-ring (bicyclic) bond motifs is 1. The molecule has 2 heterocycles. The summed E-state index contributed by atoms with van der Waals surface area (Å²) in [6.45, 7) is 5.75. The van der Waals surface area contributed by atoms with Gasteiger partial charge in [-0.05, 0) is 26.0 Å². The van der Waals surface area contributed by atoms with Crippen LogP contribution in [0.25, 0.3) is 10.9 Å². The lowest BCUT2D eigenvalue weighted by atomic mass is 10.1. The van der Waals surface area contributed by atoms with Crippen molar-refractivity contribution in [3.63, 3.8) is 0 Å². The van der Waals surface area contributed by atoms with E-state index in [1.54, 1.807) is 0 Å². The van der Waals surface area contributed by atoms with Crippen LogP contribution >= 0.6 is 0 Å². The van der Waals surface area contributed by atoms with Crippen LogP contribution in [-0.4, -0.2) is 21.1 Å². The van der Waals surface area contributed by atoms with Gasteiger partial charge in [0.15, 0.2) is 0 Å². The number of rotatable bonds is 4. The van der Waals surface area contributed by atoms with Crippen LogP contribution in [0, 0.1) is 6.92 Å². The van der Waals surface area contributed by atoms with Crippen LogP contribution in [0.3, 0.4) is 0 Å². The highest BCUT2D eigenvalue weighted by molar-refractivity contribution is 5.81. The molecule has 0 aliphatic rings. The van der Waals surface area contributed by atoms with E-state index in [4.69, 9.17) is 4.98 Å². The van der Waals surface area contributed by atoms with Crippen molar-refractivity contribution in [1.82, 2.24) is 14.5 Å². The predicted molar refractivity (Wildman–Crippen MR) is 82.0 cm³/mol. The van der Waals surface area contributed by atoms with Crippen LogP contribution in [0.15, 0.2) is 42.7 Å². The van der Waals surface area contributed by atoms with Gasteiger partial charge >= 0.3 is 0 Å². The molecule has 0 saturated carbocycles. The van der Waals surface area contributed by atoms with Gasteiger partial charge in [-0.1, -0.05) is 18.2 Å². The molecule has 0 radical (unpaired) electrons. The molecule has 3 rings (SSSR count). The number of pyridine rings is 1. The summed E-state index contributed by atoms with van der Waals surface area (Å²) in [5.41, 5.74) is 2.21. The predicted octanol–water partition coefficient (Wildman–Crippen LogP) is 3.22. The SMILES string of the molecule is CCNc1nc2ccccc2cc1Cn1ccnc1C. The highest BCUT2D eigenvalue weighted by Crippen LogP contribution is 2.21. The molecule has 0 saturated heterocycles. The lowest BCUT2D eigenvalue weighted by molar-refractivity contribution is 0.760. The topological polar surface area (TPSA) is 42.7 Å². The van der Waals surface area contributed by atoms with Gasteiger partial charge in [0.1, 0.15) is 11.6 Å². The smallest absolute Gasteiger partial charge is 0.131 e. The second-order valence-corrected chi connectivity index (χ2v) is 4.82. The Morgan fingerprint density at radius 1 is 1.25 bits per heavy atom. The number of aryl methyl sites for hydroxylation is 1. The van der Waals surface area contributed by atoms with Gasteiger partial charge in [0, 0.05) is 29.9 Å². The maximum Gasteiger partial charge on any atom is 0.131 e. The molecule has 4 nitrogen and oxygen atoms in total. The Hall–Kier alpha value is -2.36. The van der Waals surface area contributed by atoms with Gasteiger partial charge < -0.3 is 9.88 Å². The third-order valence-corrected chi connectivity index (χ3v) is 3.41. The molecule has 20 heavy (non-hydrogen) atoms. The Bertz CT molecular complexity index is 730. The molecule has 0 fully saturated rings. The molecular weight excluding hydrogens is 248 g/mol. The average molecular weight is 266 g/mol. The quantitative estimate of drug-likeness (QED) is 0.788. The number of benzene rings is 1. The number of imidazole rings is 1. The van der Waals surface area contributed by atoms with Crippen molar-refractivity contribution in [3.8, 4) is 0 Å². The molecule has 3 aromatic rings. The number of anilines is 1. The van der Waals surface area contributed by atoms with Crippen molar-refractivity contribution < 1.29 is 0 Å². The maximum absolute atomic E-state index is 4.73. The third kappa shape index (κ3) is 2.37. The summed E-state index contributed by atoms with van der Waals surface area (Å²) in [5, 5.41) is 4.52. The van der Waals surface area contributed by atoms with Gasteiger partial charge in [0.25, 0.3) is 0 Å². The van der Waals surface area contributed by atoms with E-state index < -0.39 is 0 Å². The lowest BCUT2D eigenvalue weighted by Crippen LogP contribution is -2.08. The molecule has 4 heteroatoms. The maximum atomic E-state index is 4.73. The van der Waals surface area contributed by atoms with Gasteiger partial charge in [-0.2, -0.15) is 0 Å². The molecule has 0 unspecified atom stereocenters. The van der Waals surface area contributed by atoms with Crippen LogP contribution in [-0.2, 0) is 6.54 Å². The van der Waals surface area contributed by atoms with Crippen LogP contribution in [0.2, 0.25) is 0 Å². The van der Waals surface area contributed by atoms with Crippen molar-refractivity contribution in [2.24, 2.45) is 0 Å². The zero-order valence-electron chi connectivity index (χ0n) is 11.8. The number of aromatic nitrogens is 3. The first kappa shape index (κ1) is 12.7. The molecule has 2 aromatic heterocycles. The fraction of sp³-hybridized carbons (Fsp3) is 0.250. The Morgan fingerprint density at radius 3 is 2.85 bits per heavy atom. The van der Waals surface area contributed by atoms with Crippen LogP contribution < -0.4 is 5.32 Å². The summed E-state index contributed by atoms with van der Waals surface area (Å²) in [5.74, 6) is 1.97. The molecule has 0 bridgehead atoms. The van der Waals surface area contributed by atoms with E-state index in [2.05, 4.69) is 33.9 Å². The monoisotopic (exact) mass is 266 g/mol. The standard InChI is InChI=1S/C16H18N4/c1-3-17-16-14(11-20-9-8-18-12(20)2)10-13-6-4-5-7-15(13)19-16/h4-10H,3,11H2,1-2H3,(H,17,19). The summed E-state index contributed by atoms with van der Waals surface area (Å²) in [4.78, 5) is 9.00. The van der Waals surface area contributed by atoms with Gasteiger partial charge in [-0.25, -0.2) is 9.97 Å². The van der Waals surface area contributed by atoms with E-state index >= 15 is 0 Å². The van der Waals surface area contributed by atoms with E-state index in [0.29, 0.717) is 0 Å². The summed E-state index contributed by atoms with van der Waals surface area (Å²) < 4.78 is 2.13. The normalized spacial score (nSPS) is 10.9. The number of hydrogen-bond donors (Lipinski definition) is 1. The summed E-state index contributed by atoms with van der Waals surface area (Å²) in [6, 6.07) is 10.4. The van der Waals surface area contributed by atoms with Crippen molar-refractivity contribution in [2.45, 2.75) is 20.4 Å². The fourth-order valence-corrected chi connectivity index (χ4v) is 2.36. The molecule has 0 aliphatic carbocycles. The minimum Gasteiger partial charge on any atom is -0.370 e. The Labute approximate surface area is 118 Å². The first-order valence-corrected chi connectivity index (χ1v) is 6.88. The van der Waals surface area contributed by atoms with Gasteiger partial charge in [-0.15, -0.1) is 0 Å². The molecule has 0 spiro atoms. The first-order chi connectivity index (χ1) is 9.78. The zero-order valence-corrected chi connectivity index (χ0v) is 11.8. The highest BCUT2D eigenvalue weighted by atomic mass is 15.1. The number of nitrogens with one attached hydrogen (secondary N) is 1. The van der Waals surface area contributed by atoms with E-state index in [1.165, 1.54) is 10.9 Å². The number of hydrogen-bond acceptors (Lipinski definition) is 3. The molecule has 0 amide bonds. The number of nitrogens with zero attached hydrogens (tertiary/aromatic N) is 3.